The fraction of sp³-hybridized carbons (Fsp3) is 0.267. The summed E-state index contributed by atoms with van der Waals surface area (Å²) in [6, 6.07) is 6.38. The van der Waals surface area contributed by atoms with E-state index in [9.17, 15) is 14.4 Å². The zero-order chi connectivity index (χ0) is 15.7. The quantitative estimate of drug-likeness (QED) is 0.636. The van der Waals surface area contributed by atoms with Gasteiger partial charge in [-0.2, -0.15) is 0 Å². The van der Waals surface area contributed by atoms with Gasteiger partial charge in [-0.05, 0) is 30.7 Å². The monoisotopic (exact) mass is 290 g/mol. The molecule has 1 aromatic carbocycles. The molecule has 0 unspecified atom stereocenters. The Balaban J connectivity index is 2.49. The molecule has 0 radical (unpaired) electrons. The van der Waals surface area contributed by atoms with Crippen LogP contribution in [0.5, 0.6) is 0 Å². The summed E-state index contributed by atoms with van der Waals surface area (Å²) in [7, 11) is 0. The Hall–Kier alpha value is -2.63. The summed E-state index contributed by atoms with van der Waals surface area (Å²) < 4.78 is 0. The van der Waals surface area contributed by atoms with E-state index < -0.39 is 5.97 Å². The van der Waals surface area contributed by atoms with Crippen LogP contribution < -0.4 is 10.6 Å². The molecule has 3 N–H and O–H groups in total. The second-order valence-electron chi connectivity index (χ2n) is 4.35. The Bertz CT molecular complexity index is 523. The van der Waals surface area contributed by atoms with Crippen LogP contribution in [0.3, 0.4) is 0 Å². The molecule has 0 saturated heterocycles. The minimum Gasteiger partial charge on any atom is -0.481 e. The summed E-state index contributed by atoms with van der Waals surface area (Å²) in [6.45, 7) is 3.62. The Morgan fingerprint density at radius 1 is 1.14 bits per heavy atom. The number of allylic oxidation sites excluding steroid dienone is 1. The third-order valence-corrected chi connectivity index (χ3v) is 2.63. The third kappa shape index (κ3) is 6.38. The first-order valence-electron chi connectivity index (χ1n) is 6.53. The second-order valence-corrected chi connectivity index (χ2v) is 4.35. The molecule has 0 aliphatic rings. The fourth-order valence-electron chi connectivity index (χ4n) is 1.55. The van der Waals surface area contributed by atoms with Gasteiger partial charge in [-0.25, -0.2) is 0 Å². The van der Waals surface area contributed by atoms with Gasteiger partial charge < -0.3 is 15.7 Å². The molecule has 0 saturated carbocycles. The van der Waals surface area contributed by atoms with Gasteiger partial charge >= 0.3 is 5.97 Å². The van der Waals surface area contributed by atoms with Gasteiger partial charge in [0.15, 0.2) is 0 Å². The van der Waals surface area contributed by atoms with Crippen molar-refractivity contribution in [1.29, 1.82) is 0 Å². The Morgan fingerprint density at radius 3 is 2.38 bits per heavy atom. The van der Waals surface area contributed by atoms with Crippen molar-refractivity contribution in [2.75, 3.05) is 11.9 Å². The van der Waals surface area contributed by atoms with Gasteiger partial charge in [0, 0.05) is 24.2 Å². The molecular formula is C15H18N2O4. The highest BCUT2D eigenvalue weighted by molar-refractivity contribution is 5.95. The van der Waals surface area contributed by atoms with Gasteiger partial charge in [0.25, 0.3) is 5.91 Å². The topological polar surface area (TPSA) is 95.5 Å². The largest absolute Gasteiger partial charge is 0.481 e. The smallest absolute Gasteiger partial charge is 0.305 e. The number of amides is 2. The molecular weight excluding hydrogens is 272 g/mol. The van der Waals surface area contributed by atoms with Crippen LogP contribution in [-0.2, 0) is 9.59 Å². The molecule has 21 heavy (non-hydrogen) atoms. The molecule has 0 spiro atoms. The molecule has 0 aromatic heterocycles. The lowest BCUT2D eigenvalue weighted by molar-refractivity contribution is -0.136. The second kappa shape index (κ2) is 8.52. The van der Waals surface area contributed by atoms with E-state index in [1.54, 1.807) is 30.3 Å². The maximum atomic E-state index is 11.7. The Kier molecular flexibility index (Phi) is 6.67. The van der Waals surface area contributed by atoms with Crippen molar-refractivity contribution in [1.82, 2.24) is 5.32 Å². The van der Waals surface area contributed by atoms with Crippen LogP contribution in [0.4, 0.5) is 5.69 Å². The zero-order valence-corrected chi connectivity index (χ0v) is 11.6. The van der Waals surface area contributed by atoms with Crippen molar-refractivity contribution in [2.45, 2.75) is 19.3 Å². The highest BCUT2D eigenvalue weighted by atomic mass is 16.4. The maximum Gasteiger partial charge on any atom is 0.305 e. The van der Waals surface area contributed by atoms with Crippen molar-refractivity contribution in [3.05, 3.63) is 42.5 Å². The lowest BCUT2D eigenvalue weighted by atomic mass is 10.2. The molecule has 0 aliphatic heterocycles. The Labute approximate surface area is 122 Å². The van der Waals surface area contributed by atoms with Crippen molar-refractivity contribution in [2.24, 2.45) is 0 Å². The van der Waals surface area contributed by atoms with Crippen LogP contribution in [0.2, 0.25) is 0 Å². The molecule has 1 aromatic rings. The first kappa shape index (κ1) is 16.4. The van der Waals surface area contributed by atoms with Crippen molar-refractivity contribution >= 4 is 23.5 Å². The van der Waals surface area contributed by atoms with Crippen molar-refractivity contribution in [3.63, 3.8) is 0 Å². The number of carboxylic acid groups (broad SMARTS) is 1. The molecule has 0 heterocycles. The van der Waals surface area contributed by atoms with Crippen molar-refractivity contribution in [3.8, 4) is 0 Å². The van der Waals surface area contributed by atoms with E-state index in [4.69, 9.17) is 5.11 Å². The fourth-order valence-corrected chi connectivity index (χ4v) is 1.55. The van der Waals surface area contributed by atoms with Gasteiger partial charge in [0.2, 0.25) is 5.91 Å². The number of carbonyl (C=O) groups is 3. The van der Waals surface area contributed by atoms with Crippen LogP contribution in [0.15, 0.2) is 36.9 Å². The average molecular weight is 290 g/mol. The lowest BCUT2D eigenvalue weighted by Gasteiger charge is -2.06. The Morgan fingerprint density at radius 2 is 1.81 bits per heavy atom. The predicted octanol–water partition coefficient (Wildman–Crippen LogP) is 1.80. The summed E-state index contributed by atoms with van der Waals surface area (Å²) >= 11 is 0. The van der Waals surface area contributed by atoms with E-state index in [-0.39, 0.29) is 24.8 Å². The van der Waals surface area contributed by atoms with E-state index in [1.165, 1.54) is 0 Å². The molecule has 112 valence electrons. The van der Waals surface area contributed by atoms with Crippen LogP contribution >= 0.6 is 0 Å². The molecule has 6 heteroatoms. The molecule has 0 atom stereocenters. The van der Waals surface area contributed by atoms with Crippen LogP contribution in [0.1, 0.15) is 29.6 Å². The van der Waals surface area contributed by atoms with Gasteiger partial charge in [-0.3, -0.25) is 14.4 Å². The third-order valence-electron chi connectivity index (χ3n) is 2.63. The maximum absolute atomic E-state index is 11.7. The summed E-state index contributed by atoms with van der Waals surface area (Å²) in [5.41, 5.74) is 1.01. The minimum absolute atomic E-state index is 0.0776. The zero-order valence-electron chi connectivity index (χ0n) is 11.6. The van der Waals surface area contributed by atoms with Gasteiger partial charge in [0.1, 0.15) is 0 Å². The van der Waals surface area contributed by atoms with Gasteiger partial charge in [0.05, 0.1) is 6.42 Å². The van der Waals surface area contributed by atoms with E-state index in [1.807, 2.05) is 0 Å². The van der Waals surface area contributed by atoms with E-state index in [0.29, 0.717) is 24.1 Å². The summed E-state index contributed by atoms with van der Waals surface area (Å²) in [5.74, 6) is -1.43. The number of benzene rings is 1. The SMILES string of the molecule is C=CCCC(=O)Nc1ccc(C(=O)NCCC(=O)O)cc1. The van der Waals surface area contributed by atoms with E-state index >= 15 is 0 Å². The standard InChI is InChI=1S/C15H18N2O4/c1-2-3-4-13(18)17-12-7-5-11(6-8-12)15(21)16-10-9-14(19)20/h2,5-8H,1,3-4,9-10H2,(H,16,21)(H,17,18)(H,19,20). The van der Waals surface area contributed by atoms with Crippen molar-refractivity contribution < 1.29 is 19.5 Å². The number of anilines is 1. The number of aliphatic carboxylic acids is 1. The number of carboxylic acids is 1. The molecule has 0 aliphatic carbocycles. The number of rotatable bonds is 8. The lowest BCUT2D eigenvalue weighted by Crippen LogP contribution is -2.25. The minimum atomic E-state index is -0.965. The van der Waals surface area contributed by atoms with Crippen LogP contribution in [-0.4, -0.2) is 29.4 Å². The molecule has 6 nitrogen and oxygen atoms in total. The van der Waals surface area contributed by atoms with Gasteiger partial charge in [-0.15, -0.1) is 6.58 Å². The van der Waals surface area contributed by atoms with Crippen LogP contribution in [0.25, 0.3) is 0 Å². The highest BCUT2D eigenvalue weighted by Crippen LogP contribution is 2.10. The number of nitrogens with one attached hydrogen (secondary N) is 2. The normalized spacial score (nSPS) is 9.71. The first-order chi connectivity index (χ1) is 10.0. The first-order valence-corrected chi connectivity index (χ1v) is 6.53. The molecule has 1 rings (SSSR count). The molecule has 0 bridgehead atoms. The number of hydrogen-bond donors (Lipinski definition) is 3. The van der Waals surface area contributed by atoms with E-state index in [2.05, 4.69) is 17.2 Å². The van der Waals surface area contributed by atoms with Gasteiger partial charge in [-0.1, -0.05) is 6.08 Å². The summed E-state index contributed by atoms with van der Waals surface area (Å²) in [5, 5.41) is 13.7. The summed E-state index contributed by atoms with van der Waals surface area (Å²) in [4.78, 5) is 33.5. The highest BCUT2D eigenvalue weighted by Gasteiger charge is 2.07. The molecule has 0 fully saturated rings. The average Bonchev–Trinajstić information content (AvgIpc) is 2.45. The molecule has 2 amide bonds. The van der Waals surface area contributed by atoms with Crippen LogP contribution in [0, 0.1) is 0 Å². The predicted molar refractivity (Wildman–Crippen MR) is 79.1 cm³/mol. The van der Waals surface area contributed by atoms with E-state index in [0.717, 1.165) is 0 Å². The summed E-state index contributed by atoms with van der Waals surface area (Å²) in [6.07, 6.45) is 2.52. The number of carbonyl (C=O) groups excluding carboxylic acids is 2. The number of hydrogen-bond acceptors (Lipinski definition) is 3.